The Morgan fingerprint density at radius 2 is 2.05 bits per heavy atom. The summed E-state index contributed by atoms with van der Waals surface area (Å²) in [5.74, 6) is 0.0369. The van der Waals surface area contributed by atoms with Crippen molar-refractivity contribution in [1.82, 2.24) is 9.78 Å². The predicted molar refractivity (Wildman–Crippen MR) is 88.8 cm³/mol. The van der Waals surface area contributed by atoms with Crippen LogP contribution in [0.5, 0.6) is 0 Å². The largest absolute Gasteiger partial charge is 0.309 e. The van der Waals surface area contributed by atoms with Crippen LogP contribution >= 0.6 is 0 Å². The van der Waals surface area contributed by atoms with Crippen molar-refractivity contribution < 1.29 is 4.79 Å². The Morgan fingerprint density at radius 1 is 1.27 bits per heavy atom. The first-order valence-electron chi connectivity index (χ1n) is 7.65. The van der Waals surface area contributed by atoms with Crippen LogP contribution in [0.2, 0.25) is 0 Å². The second-order valence-corrected chi connectivity index (χ2v) is 5.76. The summed E-state index contributed by atoms with van der Waals surface area (Å²) in [4.78, 5) is 14.4. The number of amides is 1. The molecule has 3 rings (SSSR count). The van der Waals surface area contributed by atoms with Gasteiger partial charge in [-0.25, -0.2) is 0 Å². The number of aromatic nitrogens is 2. The number of hydrogen-bond acceptors (Lipinski definition) is 2. The summed E-state index contributed by atoms with van der Waals surface area (Å²) < 4.78 is 1.84. The molecule has 0 atom stereocenters. The van der Waals surface area contributed by atoms with Gasteiger partial charge < -0.3 is 4.90 Å². The van der Waals surface area contributed by atoms with Crippen molar-refractivity contribution >= 4 is 17.7 Å². The SMILES string of the molecule is Cc1nn(C)c(C)c1/C=C/C(=O)N1CCCc2ccccc21. The molecule has 0 spiro atoms. The third-order valence-corrected chi connectivity index (χ3v) is 4.33. The summed E-state index contributed by atoms with van der Waals surface area (Å²) in [6.07, 6.45) is 5.61. The topological polar surface area (TPSA) is 38.1 Å². The monoisotopic (exact) mass is 295 g/mol. The molecule has 1 aliphatic rings. The van der Waals surface area contributed by atoms with Crippen LogP contribution in [0.1, 0.15) is 28.9 Å². The molecule has 0 bridgehead atoms. The molecule has 0 N–H and O–H groups in total. The van der Waals surface area contributed by atoms with Gasteiger partial charge in [0, 0.05) is 36.6 Å². The van der Waals surface area contributed by atoms with E-state index in [0.717, 1.165) is 42.0 Å². The summed E-state index contributed by atoms with van der Waals surface area (Å²) in [5, 5.41) is 4.38. The van der Waals surface area contributed by atoms with Gasteiger partial charge >= 0.3 is 0 Å². The highest BCUT2D eigenvalue weighted by molar-refractivity contribution is 6.04. The lowest BCUT2D eigenvalue weighted by Gasteiger charge is -2.28. The zero-order valence-corrected chi connectivity index (χ0v) is 13.3. The van der Waals surface area contributed by atoms with Gasteiger partial charge in [0.1, 0.15) is 0 Å². The van der Waals surface area contributed by atoms with Crippen molar-refractivity contribution in [2.24, 2.45) is 7.05 Å². The van der Waals surface area contributed by atoms with Crippen molar-refractivity contribution in [2.45, 2.75) is 26.7 Å². The van der Waals surface area contributed by atoms with Crippen molar-refractivity contribution in [2.75, 3.05) is 11.4 Å². The number of carbonyl (C=O) groups is 1. The molecule has 1 aromatic heterocycles. The number of fused-ring (bicyclic) bond motifs is 1. The molecule has 1 aliphatic heterocycles. The summed E-state index contributed by atoms with van der Waals surface area (Å²) in [5.41, 5.74) is 5.34. The van der Waals surface area contributed by atoms with E-state index in [9.17, 15) is 4.79 Å². The van der Waals surface area contributed by atoms with Crippen molar-refractivity contribution in [3.63, 3.8) is 0 Å². The van der Waals surface area contributed by atoms with Crippen LogP contribution in [0.25, 0.3) is 6.08 Å². The Bertz CT molecular complexity index is 743. The summed E-state index contributed by atoms with van der Waals surface area (Å²) >= 11 is 0. The number of rotatable bonds is 2. The Balaban J connectivity index is 1.85. The highest BCUT2D eigenvalue weighted by atomic mass is 16.2. The molecule has 0 aliphatic carbocycles. The first-order chi connectivity index (χ1) is 10.6. The molecule has 22 heavy (non-hydrogen) atoms. The highest BCUT2D eigenvalue weighted by Gasteiger charge is 2.20. The number of hydrogen-bond donors (Lipinski definition) is 0. The van der Waals surface area contributed by atoms with E-state index < -0.39 is 0 Å². The van der Waals surface area contributed by atoms with Crippen LogP contribution in [0.4, 0.5) is 5.69 Å². The second-order valence-electron chi connectivity index (χ2n) is 5.76. The van der Waals surface area contributed by atoms with Crippen LogP contribution in [-0.2, 0) is 18.3 Å². The van der Waals surface area contributed by atoms with Crippen LogP contribution in [0.3, 0.4) is 0 Å². The van der Waals surface area contributed by atoms with Gasteiger partial charge in [-0.2, -0.15) is 5.10 Å². The average molecular weight is 295 g/mol. The molecule has 2 aromatic rings. The molecule has 2 heterocycles. The fourth-order valence-electron chi connectivity index (χ4n) is 3.04. The third-order valence-electron chi connectivity index (χ3n) is 4.33. The standard InChI is InChI=1S/C18H21N3O/c1-13-16(14(2)20(3)19-13)10-11-18(22)21-12-6-8-15-7-4-5-9-17(15)21/h4-5,7,9-11H,6,8,12H2,1-3H3/b11-10+. The second kappa shape index (κ2) is 5.79. The van der Waals surface area contributed by atoms with E-state index in [1.807, 2.05) is 54.8 Å². The molecule has 0 radical (unpaired) electrons. The van der Waals surface area contributed by atoms with Gasteiger partial charge in [0.2, 0.25) is 0 Å². The van der Waals surface area contributed by atoms with Crippen LogP contribution in [0, 0.1) is 13.8 Å². The molecular weight excluding hydrogens is 274 g/mol. The lowest BCUT2D eigenvalue weighted by atomic mass is 10.0. The molecule has 4 heteroatoms. The van der Waals surface area contributed by atoms with E-state index in [1.54, 1.807) is 6.08 Å². The Morgan fingerprint density at radius 3 is 2.77 bits per heavy atom. The Labute approximate surface area is 131 Å². The minimum atomic E-state index is 0.0369. The van der Waals surface area contributed by atoms with Gasteiger partial charge in [0.15, 0.2) is 0 Å². The van der Waals surface area contributed by atoms with Crippen molar-refractivity contribution in [1.29, 1.82) is 0 Å². The molecule has 114 valence electrons. The lowest BCUT2D eigenvalue weighted by molar-refractivity contribution is -0.114. The summed E-state index contributed by atoms with van der Waals surface area (Å²) in [7, 11) is 1.92. The van der Waals surface area contributed by atoms with Crippen LogP contribution < -0.4 is 4.90 Å². The molecule has 4 nitrogen and oxygen atoms in total. The van der Waals surface area contributed by atoms with Crippen molar-refractivity contribution in [3.8, 4) is 0 Å². The van der Waals surface area contributed by atoms with E-state index in [2.05, 4.69) is 11.2 Å². The van der Waals surface area contributed by atoms with Gasteiger partial charge in [0.05, 0.1) is 5.69 Å². The molecule has 0 unspecified atom stereocenters. The van der Waals surface area contributed by atoms with Gasteiger partial charge in [-0.05, 0) is 44.4 Å². The van der Waals surface area contributed by atoms with E-state index in [4.69, 9.17) is 0 Å². The van der Waals surface area contributed by atoms with E-state index in [1.165, 1.54) is 5.56 Å². The maximum absolute atomic E-state index is 12.6. The quantitative estimate of drug-likeness (QED) is 0.799. The summed E-state index contributed by atoms with van der Waals surface area (Å²) in [6.45, 7) is 4.76. The zero-order chi connectivity index (χ0) is 15.7. The number of aryl methyl sites for hydroxylation is 3. The van der Waals surface area contributed by atoms with E-state index in [0.29, 0.717) is 0 Å². The lowest BCUT2D eigenvalue weighted by Crippen LogP contribution is -2.34. The molecule has 1 aromatic carbocycles. The summed E-state index contributed by atoms with van der Waals surface area (Å²) in [6, 6.07) is 8.16. The fraction of sp³-hybridized carbons (Fsp3) is 0.333. The van der Waals surface area contributed by atoms with Crippen molar-refractivity contribution in [3.05, 3.63) is 52.9 Å². The number of anilines is 1. The molecule has 0 saturated carbocycles. The third kappa shape index (κ3) is 2.56. The number of carbonyl (C=O) groups excluding carboxylic acids is 1. The Hall–Kier alpha value is -2.36. The number of para-hydroxylation sites is 1. The normalized spacial score (nSPS) is 14.4. The smallest absolute Gasteiger partial charge is 0.250 e. The van der Waals surface area contributed by atoms with Gasteiger partial charge in [0.25, 0.3) is 5.91 Å². The first-order valence-corrected chi connectivity index (χ1v) is 7.65. The van der Waals surface area contributed by atoms with Gasteiger partial charge in [-0.15, -0.1) is 0 Å². The molecule has 1 amide bonds. The van der Waals surface area contributed by atoms with Crippen LogP contribution in [-0.4, -0.2) is 22.2 Å². The fourth-order valence-corrected chi connectivity index (χ4v) is 3.04. The van der Waals surface area contributed by atoms with Crippen LogP contribution in [0.15, 0.2) is 30.3 Å². The average Bonchev–Trinajstić information content (AvgIpc) is 2.77. The minimum absolute atomic E-state index is 0.0369. The number of nitrogens with zero attached hydrogens (tertiary/aromatic N) is 3. The van der Waals surface area contributed by atoms with Gasteiger partial charge in [-0.3, -0.25) is 9.48 Å². The maximum atomic E-state index is 12.6. The molecule has 0 fully saturated rings. The molecule has 0 saturated heterocycles. The predicted octanol–water partition coefficient (Wildman–Crippen LogP) is 3.03. The highest BCUT2D eigenvalue weighted by Crippen LogP contribution is 2.27. The Kier molecular flexibility index (Phi) is 3.84. The van der Waals surface area contributed by atoms with E-state index >= 15 is 0 Å². The van der Waals surface area contributed by atoms with E-state index in [-0.39, 0.29) is 5.91 Å². The minimum Gasteiger partial charge on any atom is -0.309 e. The zero-order valence-electron chi connectivity index (χ0n) is 13.3. The van der Waals surface area contributed by atoms with Gasteiger partial charge in [-0.1, -0.05) is 18.2 Å². The maximum Gasteiger partial charge on any atom is 0.250 e. The first kappa shape index (κ1) is 14.6. The molecular formula is C18H21N3O. The number of benzene rings is 1.